The van der Waals surface area contributed by atoms with Crippen molar-refractivity contribution in [1.29, 1.82) is 0 Å². The van der Waals surface area contributed by atoms with E-state index in [-0.39, 0.29) is 30.7 Å². The third kappa shape index (κ3) is 4.38. The van der Waals surface area contributed by atoms with Crippen LogP contribution in [0, 0.1) is 37.7 Å². The average molecular weight is 423 g/mol. The fraction of sp³-hybridized carbons (Fsp3) is 0.250. The SMILES string of the molecule is CCCN(c1c(F)cc(F)cc1F)c1c([N+](=O)[O-])cc([N+](=O)[O-])cc1C(F)(F)F. The van der Waals surface area contributed by atoms with E-state index in [1.54, 1.807) is 0 Å². The topological polar surface area (TPSA) is 89.5 Å². The van der Waals surface area contributed by atoms with Gasteiger partial charge in [0.1, 0.15) is 17.2 Å². The maximum Gasteiger partial charge on any atom is 0.418 e. The van der Waals surface area contributed by atoms with Crippen molar-refractivity contribution in [3.05, 3.63) is 67.5 Å². The first-order valence-electron chi connectivity index (χ1n) is 7.84. The normalized spacial score (nSPS) is 11.4. The summed E-state index contributed by atoms with van der Waals surface area (Å²) < 4.78 is 82.5. The molecule has 0 saturated carbocycles. The Morgan fingerprint density at radius 3 is 1.90 bits per heavy atom. The Balaban J connectivity index is 2.98. The van der Waals surface area contributed by atoms with E-state index in [2.05, 4.69) is 0 Å². The third-order valence-electron chi connectivity index (χ3n) is 3.76. The maximum absolute atomic E-state index is 14.3. The highest BCUT2D eigenvalue weighted by Crippen LogP contribution is 2.47. The molecule has 0 aliphatic carbocycles. The first kappa shape index (κ1) is 21.9. The summed E-state index contributed by atoms with van der Waals surface area (Å²) in [6.07, 6.45) is -5.37. The van der Waals surface area contributed by atoms with Crippen molar-refractivity contribution >= 4 is 22.7 Å². The lowest BCUT2D eigenvalue weighted by molar-refractivity contribution is -0.394. The van der Waals surface area contributed by atoms with E-state index in [0.717, 1.165) is 0 Å². The molecule has 7 nitrogen and oxygen atoms in total. The Morgan fingerprint density at radius 1 is 0.931 bits per heavy atom. The van der Waals surface area contributed by atoms with Crippen LogP contribution in [0.15, 0.2) is 24.3 Å². The summed E-state index contributed by atoms with van der Waals surface area (Å²) in [5, 5.41) is 22.3. The van der Waals surface area contributed by atoms with Gasteiger partial charge >= 0.3 is 6.18 Å². The predicted octanol–water partition coefficient (Wildman–Crippen LogP) is 5.49. The van der Waals surface area contributed by atoms with Crippen molar-refractivity contribution in [3.63, 3.8) is 0 Å². The summed E-state index contributed by atoms with van der Waals surface area (Å²) in [6, 6.07) is 0.689. The standard InChI is InChI=1S/C16H11F6N3O4/c1-2-3-23(15-11(18)4-8(17)5-12(15)19)14-10(16(20,21)22)6-9(24(26)27)7-13(14)25(28)29/h4-7H,2-3H2,1H3. The van der Waals surface area contributed by atoms with Gasteiger partial charge in [-0.05, 0) is 6.42 Å². The molecule has 0 heterocycles. The molecule has 0 amide bonds. The van der Waals surface area contributed by atoms with Crippen LogP contribution in [-0.4, -0.2) is 16.4 Å². The lowest BCUT2D eigenvalue weighted by atomic mass is 10.1. The number of alkyl halides is 3. The molecule has 0 fully saturated rings. The molecule has 2 rings (SSSR count). The van der Waals surface area contributed by atoms with Crippen molar-refractivity contribution in [2.75, 3.05) is 11.4 Å². The molecule has 0 aliphatic rings. The van der Waals surface area contributed by atoms with Gasteiger partial charge in [-0.15, -0.1) is 0 Å². The van der Waals surface area contributed by atoms with Crippen LogP contribution in [0.1, 0.15) is 18.9 Å². The lowest BCUT2D eigenvalue weighted by Crippen LogP contribution is -2.25. The molecule has 0 bridgehead atoms. The number of anilines is 2. The van der Waals surface area contributed by atoms with Crippen LogP contribution < -0.4 is 4.90 Å². The van der Waals surface area contributed by atoms with Gasteiger partial charge in [0, 0.05) is 24.7 Å². The minimum Gasteiger partial charge on any atom is -0.331 e. The van der Waals surface area contributed by atoms with Gasteiger partial charge in [-0.2, -0.15) is 13.2 Å². The van der Waals surface area contributed by atoms with Crippen molar-refractivity contribution in [1.82, 2.24) is 0 Å². The highest BCUT2D eigenvalue weighted by atomic mass is 19.4. The Hall–Kier alpha value is -3.38. The average Bonchev–Trinajstić information content (AvgIpc) is 2.58. The summed E-state index contributed by atoms with van der Waals surface area (Å²) in [7, 11) is 0. The van der Waals surface area contributed by atoms with Gasteiger partial charge in [0.15, 0.2) is 11.6 Å². The fourth-order valence-electron chi connectivity index (χ4n) is 2.70. The monoisotopic (exact) mass is 423 g/mol. The smallest absolute Gasteiger partial charge is 0.331 e. The zero-order valence-electron chi connectivity index (χ0n) is 14.5. The molecule has 0 radical (unpaired) electrons. The van der Waals surface area contributed by atoms with Crippen LogP contribution in [0.25, 0.3) is 0 Å². The Bertz CT molecular complexity index is 957. The minimum atomic E-state index is -5.34. The molecular weight excluding hydrogens is 412 g/mol. The van der Waals surface area contributed by atoms with E-state index in [9.17, 15) is 46.6 Å². The van der Waals surface area contributed by atoms with E-state index in [1.165, 1.54) is 6.92 Å². The van der Waals surface area contributed by atoms with E-state index in [0.29, 0.717) is 4.90 Å². The summed E-state index contributed by atoms with van der Waals surface area (Å²) in [5.41, 5.74) is -6.91. The summed E-state index contributed by atoms with van der Waals surface area (Å²) in [4.78, 5) is 20.0. The van der Waals surface area contributed by atoms with Gasteiger partial charge in [0.05, 0.1) is 21.5 Å². The van der Waals surface area contributed by atoms with Crippen LogP contribution in [0.5, 0.6) is 0 Å². The Labute approximate surface area is 158 Å². The second-order valence-electron chi connectivity index (χ2n) is 5.74. The van der Waals surface area contributed by atoms with E-state index in [4.69, 9.17) is 0 Å². The minimum absolute atomic E-state index is 0.0261. The second kappa shape index (κ2) is 7.93. The van der Waals surface area contributed by atoms with Crippen molar-refractivity contribution in [3.8, 4) is 0 Å². The summed E-state index contributed by atoms with van der Waals surface area (Å²) in [6.45, 7) is 0.873. The molecular formula is C16H11F6N3O4. The number of nitro groups is 2. The lowest BCUT2D eigenvalue weighted by Gasteiger charge is -2.27. The third-order valence-corrected chi connectivity index (χ3v) is 3.76. The van der Waals surface area contributed by atoms with Crippen LogP contribution in [-0.2, 0) is 6.18 Å². The van der Waals surface area contributed by atoms with Crippen LogP contribution in [0.2, 0.25) is 0 Å². The molecule has 0 unspecified atom stereocenters. The first-order chi connectivity index (χ1) is 13.4. The Kier molecular flexibility index (Phi) is 5.99. The number of hydrogen-bond donors (Lipinski definition) is 0. The van der Waals surface area contributed by atoms with Gasteiger partial charge in [-0.25, -0.2) is 13.2 Å². The van der Waals surface area contributed by atoms with Gasteiger partial charge < -0.3 is 4.90 Å². The number of hydrogen-bond acceptors (Lipinski definition) is 5. The highest BCUT2D eigenvalue weighted by molar-refractivity contribution is 5.78. The molecule has 0 aromatic heterocycles. The van der Waals surface area contributed by atoms with Crippen molar-refractivity contribution < 1.29 is 36.2 Å². The molecule has 13 heteroatoms. The summed E-state index contributed by atoms with van der Waals surface area (Å²) in [5.74, 6) is -4.55. The number of nitrogens with zero attached hydrogens (tertiary/aromatic N) is 3. The molecule has 0 atom stereocenters. The number of non-ortho nitro benzene ring substituents is 1. The molecule has 29 heavy (non-hydrogen) atoms. The number of rotatable bonds is 6. The van der Waals surface area contributed by atoms with Gasteiger partial charge in [0.25, 0.3) is 11.4 Å². The molecule has 156 valence electrons. The first-order valence-corrected chi connectivity index (χ1v) is 7.84. The van der Waals surface area contributed by atoms with E-state index >= 15 is 0 Å². The molecule has 2 aromatic carbocycles. The van der Waals surface area contributed by atoms with Crippen LogP contribution in [0.3, 0.4) is 0 Å². The number of benzene rings is 2. The predicted molar refractivity (Wildman–Crippen MR) is 88.4 cm³/mol. The Morgan fingerprint density at radius 2 is 1.48 bits per heavy atom. The molecule has 2 aromatic rings. The van der Waals surface area contributed by atoms with Crippen LogP contribution in [0.4, 0.5) is 49.1 Å². The maximum atomic E-state index is 14.3. The largest absolute Gasteiger partial charge is 0.418 e. The van der Waals surface area contributed by atoms with Gasteiger partial charge in [0.2, 0.25) is 0 Å². The molecule has 0 saturated heterocycles. The fourth-order valence-corrected chi connectivity index (χ4v) is 2.70. The zero-order chi connectivity index (χ0) is 22.1. The molecule has 0 N–H and O–H groups in total. The van der Waals surface area contributed by atoms with Gasteiger partial charge in [-0.1, -0.05) is 6.92 Å². The van der Waals surface area contributed by atoms with Crippen molar-refractivity contribution in [2.45, 2.75) is 19.5 Å². The van der Waals surface area contributed by atoms with Gasteiger partial charge in [-0.3, -0.25) is 20.2 Å². The van der Waals surface area contributed by atoms with Crippen LogP contribution >= 0.6 is 0 Å². The summed E-state index contributed by atoms with van der Waals surface area (Å²) >= 11 is 0. The highest BCUT2D eigenvalue weighted by Gasteiger charge is 2.42. The second-order valence-corrected chi connectivity index (χ2v) is 5.74. The number of halogens is 6. The number of nitro benzene ring substituents is 2. The van der Waals surface area contributed by atoms with E-state index < -0.39 is 68.3 Å². The molecule has 0 aliphatic heterocycles. The van der Waals surface area contributed by atoms with Crippen molar-refractivity contribution in [2.24, 2.45) is 0 Å². The quantitative estimate of drug-likeness (QED) is 0.348. The van der Waals surface area contributed by atoms with E-state index in [1.807, 2.05) is 0 Å². The zero-order valence-corrected chi connectivity index (χ0v) is 14.5. The molecule has 0 spiro atoms.